The molecule has 1 aliphatic rings. The van der Waals surface area contributed by atoms with Crippen LogP contribution in [0.1, 0.15) is 65.4 Å². The average molecular weight is 313 g/mol. The number of carbonyl (C=O) groups is 1. The van der Waals surface area contributed by atoms with Crippen LogP contribution in [0.15, 0.2) is 36.0 Å². The smallest absolute Gasteiger partial charge is 0.160 e. The fourth-order valence-electron chi connectivity index (χ4n) is 3.27. The van der Waals surface area contributed by atoms with Crippen LogP contribution in [0.5, 0.6) is 0 Å². The fraction of sp³-hybridized carbons (Fsp3) is 0.571. The molecule has 23 heavy (non-hydrogen) atoms. The number of nitrogens with one attached hydrogen (secondary N) is 1. The summed E-state index contributed by atoms with van der Waals surface area (Å²) in [6.07, 6.45) is 8.01. The van der Waals surface area contributed by atoms with Crippen LogP contribution in [0.25, 0.3) is 0 Å². The van der Waals surface area contributed by atoms with E-state index in [0.717, 1.165) is 36.9 Å². The van der Waals surface area contributed by atoms with Gasteiger partial charge in [0.05, 0.1) is 0 Å². The number of Topliss-reactive ketones (excluding diaryl/α,β-unsaturated/α-hetero) is 1. The number of carbonyl (C=O) groups excluding carboxylic acids is 1. The summed E-state index contributed by atoms with van der Waals surface area (Å²) in [5.41, 5.74) is 3.69. The maximum Gasteiger partial charge on any atom is 0.160 e. The van der Waals surface area contributed by atoms with E-state index in [1.807, 2.05) is 6.20 Å². The molecule has 0 spiro atoms. The van der Waals surface area contributed by atoms with Crippen molar-refractivity contribution in [2.75, 3.05) is 5.32 Å². The second-order valence-corrected chi connectivity index (χ2v) is 7.47. The van der Waals surface area contributed by atoms with E-state index in [9.17, 15) is 4.79 Å². The summed E-state index contributed by atoms with van der Waals surface area (Å²) < 4.78 is 0. The Morgan fingerprint density at radius 2 is 1.91 bits per heavy atom. The Morgan fingerprint density at radius 3 is 2.52 bits per heavy atom. The molecule has 1 atom stereocenters. The fourth-order valence-corrected chi connectivity index (χ4v) is 3.27. The highest BCUT2D eigenvalue weighted by Crippen LogP contribution is 2.41. The largest absolute Gasteiger partial charge is 0.361 e. The zero-order valence-electron chi connectivity index (χ0n) is 15.1. The molecule has 0 bridgehead atoms. The third kappa shape index (κ3) is 4.70. The Bertz CT molecular complexity index is 554. The second-order valence-electron chi connectivity index (χ2n) is 7.47. The first-order valence-corrected chi connectivity index (χ1v) is 9.04. The summed E-state index contributed by atoms with van der Waals surface area (Å²) in [6.45, 7) is 9.09. The van der Waals surface area contributed by atoms with E-state index in [2.05, 4.69) is 57.3 Å². The van der Waals surface area contributed by atoms with Crippen LogP contribution in [-0.2, 0) is 11.2 Å². The molecule has 0 aromatic heterocycles. The van der Waals surface area contributed by atoms with Crippen LogP contribution in [0.4, 0.5) is 5.69 Å². The van der Waals surface area contributed by atoms with Crippen molar-refractivity contribution in [2.45, 2.75) is 66.2 Å². The Kier molecular flexibility index (Phi) is 6.04. The van der Waals surface area contributed by atoms with Gasteiger partial charge in [0, 0.05) is 23.9 Å². The van der Waals surface area contributed by atoms with Crippen molar-refractivity contribution in [3.8, 4) is 0 Å². The van der Waals surface area contributed by atoms with Gasteiger partial charge >= 0.3 is 0 Å². The van der Waals surface area contributed by atoms with Gasteiger partial charge in [0.1, 0.15) is 0 Å². The first-order valence-electron chi connectivity index (χ1n) is 9.04. The van der Waals surface area contributed by atoms with Crippen molar-refractivity contribution in [3.05, 3.63) is 41.6 Å². The number of benzene rings is 1. The molecule has 0 radical (unpaired) electrons. The molecule has 1 N–H and O–H groups in total. The maximum atomic E-state index is 12.2. The Hall–Kier alpha value is -1.57. The van der Waals surface area contributed by atoms with Crippen molar-refractivity contribution in [2.24, 2.45) is 11.3 Å². The Morgan fingerprint density at radius 1 is 1.22 bits per heavy atom. The number of allylic oxidation sites excluding steroid dienone is 1. The van der Waals surface area contributed by atoms with Crippen LogP contribution in [0.3, 0.4) is 0 Å². The summed E-state index contributed by atoms with van der Waals surface area (Å²) in [7, 11) is 0. The van der Waals surface area contributed by atoms with Gasteiger partial charge in [-0.3, -0.25) is 4.79 Å². The first kappa shape index (κ1) is 17.8. The van der Waals surface area contributed by atoms with Gasteiger partial charge in [0.15, 0.2) is 5.78 Å². The lowest BCUT2D eigenvalue weighted by Crippen LogP contribution is -2.29. The molecule has 1 aromatic carbocycles. The van der Waals surface area contributed by atoms with Gasteiger partial charge in [0.2, 0.25) is 0 Å². The van der Waals surface area contributed by atoms with Gasteiger partial charge < -0.3 is 5.32 Å². The molecule has 0 saturated heterocycles. The van der Waals surface area contributed by atoms with Gasteiger partial charge in [0.25, 0.3) is 0 Å². The van der Waals surface area contributed by atoms with Gasteiger partial charge in [-0.1, -0.05) is 52.7 Å². The average Bonchev–Trinajstić information content (AvgIpc) is 2.55. The predicted octanol–water partition coefficient (Wildman–Crippen LogP) is 5.74. The molecule has 0 unspecified atom stereocenters. The van der Waals surface area contributed by atoms with E-state index in [-0.39, 0.29) is 0 Å². The normalized spacial score (nSPS) is 20.8. The van der Waals surface area contributed by atoms with E-state index in [0.29, 0.717) is 23.5 Å². The third-order valence-electron chi connectivity index (χ3n) is 5.47. The molecule has 2 heteroatoms. The molecule has 0 amide bonds. The van der Waals surface area contributed by atoms with Crippen LogP contribution < -0.4 is 5.32 Å². The Balaban J connectivity index is 2.03. The van der Waals surface area contributed by atoms with E-state index in [1.54, 1.807) is 0 Å². The molecular formula is C21H31NO. The van der Waals surface area contributed by atoms with Gasteiger partial charge in [-0.25, -0.2) is 0 Å². The van der Waals surface area contributed by atoms with Crippen molar-refractivity contribution < 1.29 is 4.79 Å². The minimum absolute atomic E-state index is 0.307. The molecule has 0 heterocycles. The highest BCUT2D eigenvalue weighted by molar-refractivity contribution is 5.96. The summed E-state index contributed by atoms with van der Waals surface area (Å²) >= 11 is 0. The summed E-state index contributed by atoms with van der Waals surface area (Å²) in [4.78, 5) is 12.2. The molecule has 1 saturated carbocycles. The van der Waals surface area contributed by atoms with Crippen molar-refractivity contribution in [3.63, 3.8) is 0 Å². The lowest BCUT2D eigenvalue weighted by Gasteiger charge is -2.36. The summed E-state index contributed by atoms with van der Waals surface area (Å²) in [5.74, 6) is 0.911. The molecule has 2 nitrogen and oxygen atoms in total. The molecule has 1 aromatic rings. The maximum absolute atomic E-state index is 12.2. The first-order chi connectivity index (χ1) is 11.0. The van der Waals surface area contributed by atoms with Crippen molar-refractivity contribution in [1.29, 1.82) is 0 Å². The lowest BCUT2D eigenvalue weighted by atomic mass is 9.68. The summed E-state index contributed by atoms with van der Waals surface area (Å²) in [5, 5.41) is 3.32. The Labute approximate surface area is 141 Å². The van der Waals surface area contributed by atoms with Gasteiger partial charge in [-0.15, -0.1) is 0 Å². The minimum Gasteiger partial charge on any atom is -0.361 e. The minimum atomic E-state index is 0.307. The monoisotopic (exact) mass is 313 g/mol. The van der Waals surface area contributed by atoms with Crippen LogP contribution in [-0.4, -0.2) is 5.78 Å². The number of hydrogen-bond donors (Lipinski definition) is 1. The molecule has 1 fully saturated rings. The summed E-state index contributed by atoms with van der Waals surface area (Å²) in [6, 6.07) is 8.53. The van der Waals surface area contributed by atoms with E-state index in [1.165, 1.54) is 12.0 Å². The standard InChI is InChI=1S/C21H31NO/c1-5-7-16-8-11-19(12-9-16)22-15-17-14-18(10-13-20(17)23)21(3,4)6-2/h8-9,11-12,15,18,22H,5-7,10,13-14H2,1-4H3/b17-15+/t18-/m0/s1. The zero-order valence-corrected chi connectivity index (χ0v) is 15.1. The SMILES string of the molecule is CCCc1ccc(N/C=C2\C[C@@H](C(C)(C)CC)CCC2=O)cc1. The predicted molar refractivity (Wildman–Crippen MR) is 98.6 cm³/mol. The lowest BCUT2D eigenvalue weighted by molar-refractivity contribution is -0.117. The quantitative estimate of drug-likeness (QED) is 0.678. The highest BCUT2D eigenvalue weighted by Gasteiger charge is 2.33. The third-order valence-corrected chi connectivity index (χ3v) is 5.47. The van der Waals surface area contributed by atoms with Crippen LogP contribution >= 0.6 is 0 Å². The van der Waals surface area contributed by atoms with E-state index < -0.39 is 0 Å². The van der Waals surface area contributed by atoms with Gasteiger partial charge in [-0.05, 0) is 48.3 Å². The van der Waals surface area contributed by atoms with Crippen molar-refractivity contribution >= 4 is 11.5 Å². The zero-order chi connectivity index (χ0) is 16.9. The van der Waals surface area contributed by atoms with E-state index >= 15 is 0 Å². The highest BCUT2D eigenvalue weighted by atomic mass is 16.1. The van der Waals surface area contributed by atoms with Gasteiger partial charge in [-0.2, -0.15) is 0 Å². The molecule has 1 aliphatic carbocycles. The number of rotatable bonds is 6. The number of anilines is 1. The second kappa shape index (κ2) is 7.81. The van der Waals surface area contributed by atoms with Crippen LogP contribution in [0, 0.1) is 11.3 Å². The molecule has 126 valence electrons. The van der Waals surface area contributed by atoms with E-state index in [4.69, 9.17) is 0 Å². The number of aryl methyl sites for hydroxylation is 1. The molecular weight excluding hydrogens is 282 g/mol. The van der Waals surface area contributed by atoms with Crippen molar-refractivity contribution in [1.82, 2.24) is 0 Å². The number of hydrogen-bond acceptors (Lipinski definition) is 2. The molecule has 2 rings (SSSR count). The van der Waals surface area contributed by atoms with Crippen LogP contribution in [0.2, 0.25) is 0 Å². The molecule has 0 aliphatic heterocycles. The number of ketones is 1. The topological polar surface area (TPSA) is 29.1 Å².